The Balaban J connectivity index is 3.04. The first kappa shape index (κ1) is 36.9. The molecule has 2 aliphatic heterocycles. The van der Waals surface area contributed by atoms with Gasteiger partial charge in [-0.05, 0) is 20.8 Å². The Labute approximate surface area is 249 Å². The summed E-state index contributed by atoms with van der Waals surface area (Å²) in [5, 5.41) is 56.3. The zero-order valence-electron chi connectivity index (χ0n) is 24.7. The molecule has 10 atom stereocenters. The fraction of sp³-hybridized carbons (Fsp3) is 0.720. The number of Topliss-reactive ketones (excluding diaryl/α,β-unsaturated/α-hetero) is 4. The maximum absolute atomic E-state index is 13.6. The molecule has 0 bridgehead atoms. The minimum absolute atomic E-state index is 0.488. The summed E-state index contributed by atoms with van der Waals surface area (Å²) in [6, 6.07) is 0. The van der Waals surface area contributed by atoms with Crippen LogP contribution in [0.2, 0.25) is 0 Å². The van der Waals surface area contributed by atoms with Gasteiger partial charge in [-0.1, -0.05) is 0 Å². The van der Waals surface area contributed by atoms with Crippen molar-refractivity contribution in [3.05, 3.63) is 0 Å². The van der Waals surface area contributed by atoms with Crippen LogP contribution in [0.25, 0.3) is 0 Å². The first-order chi connectivity index (χ1) is 20.0. The van der Waals surface area contributed by atoms with E-state index in [9.17, 15) is 59.1 Å². The van der Waals surface area contributed by atoms with Crippen LogP contribution in [-0.2, 0) is 62.0 Å². The molecule has 2 heterocycles. The van der Waals surface area contributed by atoms with Gasteiger partial charge in [0.25, 0.3) is 0 Å². The molecule has 0 spiro atoms. The molecule has 2 saturated heterocycles. The van der Waals surface area contributed by atoms with Gasteiger partial charge in [-0.2, -0.15) is 0 Å². The summed E-state index contributed by atoms with van der Waals surface area (Å²) < 4.78 is 30.8. The van der Waals surface area contributed by atoms with E-state index in [-0.39, 0.29) is 0 Å². The molecule has 0 amide bonds. The predicted octanol–water partition coefficient (Wildman–Crippen LogP) is -4.60. The Bertz CT molecular complexity index is 1250. The van der Waals surface area contributed by atoms with Gasteiger partial charge in [-0.25, -0.2) is 0 Å². The standard InChI is InChI=1S/C25H35NO18/c1-9(28)22(37)23(38,10(2)29)25(12(4)31,42-15(7)34)44-21(26,8-27)24(22,11(3)30)43-20-16(35)17(39-13(5)32)18(19(36)41-20)40-14(6)33/h16-20,27,35-38H,8,26H2,1-7H3/t16-,17+,18+,19+,20+,21-,22+,23+,24-,25-/m1/s1. The SMILES string of the molecule is CC(=O)O[C@H]1[C@@H](O)[C@H](O[C@@]2(C(C)=O)[C@](O)(C(C)=O)[C@@](O)(C(C)=O)[C@@](OC(C)=O)(C(C)=O)O[C@]2(N)CO)O[C@H](O)[C@H]1OC(C)=O. The van der Waals surface area contributed by atoms with E-state index in [1.54, 1.807) is 0 Å². The first-order valence-corrected chi connectivity index (χ1v) is 12.8. The van der Waals surface area contributed by atoms with Gasteiger partial charge in [0.15, 0.2) is 47.9 Å². The number of hydrogen-bond acceptors (Lipinski definition) is 19. The minimum Gasteiger partial charge on any atom is -0.455 e. The number of aliphatic hydroxyl groups excluding tert-OH is 3. The zero-order chi connectivity index (χ0) is 34.4. The van der Waals surface area contributed by atoms with Gasteiger partial charge in [-0.3, -0.25) is 39.3 Å². The Kier molecular flexibility index (Phi) is 10.3. The van der Waals surface area contributed by atoms with Crippen molar-refractivity contribution < 1.29 is 87.5 Å². The van der Waals surface area contributed by atoms with E-state index < -0.39 is 107 Å². The summed E-state index contributed by atoms with van der Waals surface area (Å²) in [5.41, 5.74) is -9.30. The predicted molar refractivity (Wildman–Crippen MR) is 134 cm³/mol. The summed E-state index contributed by atoms with van der Waals surface area (Å²) in [6.07, 6.45) is -11.3. The van der Waals surface area contributed by atoms with E-state index in [2.05, 4.69) is 0 Å². The van der Waals surface area contributed by atoms with Crippen molar-refractivity contribution in [1.29, 1.82) is 0 Å². The van der Waals surface area contributed by atoms with Gasteiger partial charge in [0.1, 0.15) is 6.10 Å². The lowest BCUT2D eigenvalue weighted by atomic mass is 9.55. The number of ketones is 4. The summed E-state index contributed by atoms with van der Waals surface area (Å²) >= 11 is 0. The van der Waals surface area contributed by atoms with Crippen LogP contribution >= 0.6 is 0 Å². The van der Waals surface area contributed by atoms with E-state index in [0.717, 1.165) is 13.8 Å². The van der Waals surface area contributed by atoms with E-state index >= 15 is 0 Å². The van der Waals surface area contributed by atoms with Gasteiger partial charge < -0.3 is 54.0 Å². The molecule has 44 heavy (non-hydrogen) atoms. The van der Waals surface area contributed by atoms with Crippen molar-refractivity contribution in [3.8, 4) is 0 Å². The molecule has 2 rings (SSSR count). The lowest BCUT2D eigenvalue weighted by Gasteiger charge is -2.65. The topological polar surface area (TPSA) is 302 Å². The second-order valence-electron chi connectivity index (χ2n) is 10.3. The molecule has 0 aromatic heterocycles. The van der Waals surface area contributed by atoms with Gasteiger partial charge >= 0.3 is 23.7 Å². The molecule has 2 fully saturated rings. The Morgan fingerprint density at radius 2 is 1.20 bits per heavy atom. The second-order valence-corrected chi connectivity index (χ2v) is 10.3. The maximum atomic E-state index is 13.6. The van der Waals surface area contributed by atoms with E-state index in [0.29, 0.717) is 34.6 Å². The van der Waals surface area contributed by atoms with Crippen molar-refractivity contribution >= 4 is 41.0 Å². The van der Waals surface area contributed by atoms with E-state index in [1.165, 1.54) is 0 Å². The van der Waals surface area contributed by atoms with Crippen molar-refractivity contribution in [2.24, 2.45) is 5.73 Å². The molecule has 0 radical (unpaired) electrons. The van der Waals surface area contributed by atoms with Crippen molar-refractivity contribution in [3.63, 3.8) is 0 Å². The van der Waals surface area contributed by atoms with Crippen LogP contribution < -0.4 is 5.73 Å². The van der Waals surface area contributed by atoms with Crippen LogP contribution in [0, 0.1) is 0 Å². The molecule has 19 nitrogen and oxygen atoms in total. The molecule has 0 aliphatic carbocycles. The molecule has 0 aromatic rings. The monoisotopic (exact) mass is 637 g/mol. The number of hydrogen-bond donors (Lipinski definition) is 6. The molecule has 0 aromatic carbocycles. The number of carbonyl (C=O) groups excluding carboxylic acids is 7. The van der Waals surface area contributed by atoms with Gasteiger partial charge in [-0.15, -0.1) is 0 Å². The summed E-state index contributed by atoms with van der Waals surface area (Å²) in [4.78, 5) is 88.8. The molecular weight excluding hydrogens is 602 g/mol. The average molecular weight is 638 g/mol. The smallest absolute Gasteiger partial charge is 0.314 e. The van der Waals surface area contributed by atoms with Crippen LogP contribution in [0.15, 0.2) is 0 Å². The second kappa shape index (κ2) is 12.3. The fourth-order valence-corrected chi connectivity index (χ4v) is 5.57. The van der Waals surface area contributed by atoms with Crippen molar-refractivity contribution in [2.45, 2.75) is 108 Å². The van der Waals surface area contributed by atoms with Crippen LogP contribution in [0.5, 0.6) is 0 Å². The Morgan fingerprint density at radius 3 is 1.57 bits per heavy atom. The lowest BCUT2D eigenvalue weighted by Crippen LogP contribution is -2.96. The highest BCUT2D eigenvalue weighted by Crippen LogP contribution is 2.56. The average Bonchev–Trinajstić information content (AvgIpc) is 2.88. The number of ether oxygens (including phenoxy) is 6. The van der Waals surface area contributed by atoms with Crippen LogP contribution in [0.3, 0.4) is 0 Å². The van der Waals surface area contributed by atoms with E-state index in [1.807, 2.05) is 0 Å². The fourth-order valence-electron chi connectivity index (χ4n) is 5.57. The number of rotatable bonds is 10. The zero-order valence-corrected chi connectivity index (χ0v) is 24.7. The van der Waals surface area contributed by atoms with Gasteiger partial charge in [0.2, 0.25) is 22.6 Å². The molecule has 248 valence electrons. The molecule has 19 heteroatoms. The Hall–Kier alpha value is -3.27. The lowest BCUT2D eigenvalue weighted by molar-refractivity contribution is -0.449. The third-order valence-corrected chi connectivity index (χ3v) is 7.32. The summed E-state index contributed by atoms with van der Waals surface area (Å²) in [7, 11) is 0. The van der Waals surface area contributed by atoms with E-state index in [4.69, 9.17) is 34.2 Å². The largest absolute Gasteiger partial charge is 0.455 e. The highest BCUT2D eigenvalue weighted by molar-refractivity contribution is 6.09. The first-order valence-electron chi connectivity index (χ1n) is 12.8. The van der Waals surface area contributed by atoms with Crippen molar-refractivity contribution in [2.75, 3.05) is 6.61 Å². The third kappa shape index (κ3) is 5.12. The maximum Gasteiger partial charge on any atom is 0.314 e. The third-order valence-electron chi connectivity index (χ3n) is 7.32. The molecule has 7 N–H and O–H groups in total. The highest BCUT2D eigenvalue weighted by Gasteiger charge is 2.90. The Morgan fingerprint density at radius 1 is 0.727 bits per heavy atom. The highest BCUT2D eigenvalue weighted by atomic mass is 16.8. The van der Waals surface area contributed by atoms with Gasteiger partial charge in [0.05, 0.1) is 6.61 Å². The van der Waals surface area contributed by atoms with Crippen LogP contribution in [0.4, 0.5) is 0 Å². The number of nitrogens with two attached hydrogens (primary N) is 1. The quantitative estimate of drug-likeness (QED) is 0.0969. The minimum atomic E-state index is -4.16. The molecule has 0 saturated carbocycles. The summed E-state index contributed by atoms with van der Waals surface area (Å²) in [6.45, 7) is 2.82. The van der Waals surface area contributed by atoms with Crippen molar-refractivity contribution in [1.82, 2.24) is 0 Å². The van der Waals surface area contributed by atoms with Crippen LogP contribution in [-0.4, -0.2) is 132 Å². The molecule has 0 unspecified atom stereocenters. The number of esters is 3. The van der Waals surface area contributed by atoms with Crippen LogP contribution in [0.1, 0.15) is 48.5 Å². The summed E-state index contributed by atoms with van der Waals surface area (Å²) in [5.74, 6) is -14.0. The molecule has 2 aliphatic rings. The van der Waals surface area contributed by atoms with Gasteiger partial charge in [0, 0.05) is 27.7 Å². The number of aliphatic hydroxyl groups is 5. The molecular formula is C25H35NO18. The number of carbonyl (C=O) groups is 7. The normalized spacial score (nSPS) is 40.3.